The maximum Gasteiger partial charge on any atom is 0.166 e. The van der Waals surface area contributed by atoms with Crippen LogP contribution in [0.25, 0.3) is 11.3 Å². The van der Waals surface area contributed by atoms with Gasteiger partial charge in [0.2, 0.25) is 0 Å². The van der Waals surface area contributed by atoms with Gasteiger partial charge in [0.1, 0.15) is 11.8 Å². The summed E-state index contributed by atoms with van der Waals surface area (Å²) in [5, 5.41) is 9.09. The van der Waals surface area contributed by atoms with Crippen LogP contribution in [0.2, 0.25) is 0 Å². The van der Waals surface area contributed by atoms with Crippen LogP contribution in [0.5, 0.6) is 0 Å². The molecule has 1 aliphatic carbocycles. The number of benzene rings is 1. The number of aromatic nitrogens is 2. The van der Waals surface area contributed by atoms with Crippen LogP contribution in [-0.2, 0) is 11.3 Å². The summed E-state index contributed by atoms with van der Waals surface area (Å²) in [6.45, 7) is 0.649. The van der Waals surface area contributed by atoms with E-state index in [1.165, 1.54) is 38.3 Å². The van der Waals surface area contributed by atoms with Crippen molar-refractivity contribution in [1.82, 2.24) is 9.97 Å². The zero-order valence-electron chi connectivity index (χ0n) is 12.5. The Morgan fingerprint density at radius 1 is 1.05 bits per heavy atom. The lowest BCUT2D eigenvalue weighted by Crippen LogP contribution is -2.16. The molecule has 1 aromatic carbocycles. The summed E-state index contributed by atoms with van der Waals surface area (Å²) in [5.41, 5.74) is 3.04. The molecule has 4 nitrogen and oxygen atoms in total. The number of nitriles is 1. The maximum atomic E-state index is 9.09. The normalized spacial score (nSPS) is 15.4. The second-order valence-corrected chi connectivity index (χ2v) is 5.63. The van der Waals surface area contributed by atoms with Crippen molar-refractivity contribution < 1.29 is 4.74 Å². The highest BCUT2D eigenvalue weighted by atomic mass is 16.5. The highest BCUT2D eigenvalue weighted by molar-refractivity contribution is 5.64. The Hall–Kier alpha value is -2.25. The number of hydrogen-bond acceptors (Lipinski definition) is 4. The summed E-state index contributed by atoms with van der Waals surface area (Å²) in [5.74, 6) is 0. The van der Waals surface area contributed by atoms with Gasteiger partial charge in [-0.25, -0.2) is 4.98 Å². The van der Waals surface area contributed by atoms with Gasteiger partial charge in [-0.3, -0.25) is 4.98 Å². The quantitative estimate of drug-likeness (QED) is 0.858. The van der Waals surface area contributed by atoms with Crippen LogP contribution in [0.15, 0.2) is 36.7 Å². The summed E-state index contributed by atoms with van der Waals surface area (Å²) in [4.78, 5) is 8.30. The van der Waals surface area contributed by atoms with Gasteiger partial charge >= 0.3 is 0 Å². The average Bonchev–Trinajstić information content (AvgIpc) is 2.61. The van der Waals surface area contributed by atoms with Crippen molar-refractivity contribution in [2.45, 2.75) is 44.8 Å². The van der Waals surface area contributed by atoms with Crippen molar-refractivity contribution in [2.75, 3.05) is 0 Å². The molecule has 1 aliphatic rings. The van der Waals surface area contributed by atoms with Crippen molar-refractivity contribution in [1.29, 1.82) is 5.26 Å². The van der Waals surface area contributed by atoms with E-state index in [1.54, 1.807) is 6.20 Å². The van der Waals surface area contributed by atoms with E-state index >= 15 is 0 Å². The average molecular weight is 293 g/mol. The largest absolute Gasteiger partial charge is 0.374 e. The summed E-state index contributed by atoms with van der Waals surface area (Å²) in [6, 6.07) is 10.1. The third-order valence-corrected chi connectivity index (χ3v) is 4.07. The third-order valence-electron chi connectivity index (χ3n) is 4.07. The fourth-order valence-electron chi connectivity index (χ4n) is 2.84. The first-order valence-electron chi connectivity index (χ1n) is 7.79. The van der Waals surface area contributed by atoms with E-state index in [4.69, 9.17) is 10.00 Å². The minimum atomic E-state index is 0.355. The summed E-state index contributed by atoms with van der Waals surface area (Å²) in [6.07, 6.45) is 9.84. The Balaban J connectivity index is 1.66. The van der Waals surface area contributed by atoms with E-state index in [0.717, 1.165) is 11.1 Å². The first-order valence-corrected chi connectivity index (χ1v) is 7.79. The van der Waals surface area contributed by atoms with Gasteiger partial charge in [-0.15, -0.1) is 0 Å². The third kappa shape index (κ3) is 3.49. The van der Waals surface area contributed by atoms with Crippen molar-refractivity contribution in [3.63, 3.8) is 0 Å². The van der Waals surface area contributed by atoms with E-state index in [-0.39, 0.29) is 0 Å². The molecule has 2 aromatic rings. The van der Waals surface area contributed by atoms with Crippen molar-refractivity contribution in [2.24, 2.45) is 0 Å². The lowest BCUT2D eigenvalue weighted by molar-refractivity contribution is 0.0169. The zero-order chi connectivity index (χ0) is 15.2. The smallest absolute Gasteiger partial charge is 0.166 e. The van der Waals surface area contributed by atoms with E-state index in [1.807, 2.05) is 24.3 Å². The predicted octanol–water partition coefficient (Wildman–Crippen LogP) is 3.86. The van der Waals surface area contributed by atoms with Crippen LogP contribution in [0.3, 0.4) is 0 Å². The van der Waals surface area contributed by atoms with Gasteiger partial charge < -0.3 is 4.74 Å². The Morgan fingerprint density at radius 2 is 1.77 bits per heavy atom. The van der Waals surface area contributed by atoms with E-state index in [9.17, 15) is 0 Å². The topological polar surface area (TPSA) is 58.8 Å². The molecule has 4 heteroatoms. The van der Waals surface area contributed by atoms with Gasteiger partial charge in [-0.1, -0.05) is 43.5 Å². The van der Waals surface area contributed by atoms with E-state index in [0.29, 0.717) is 24.1 Å². The van der Waals surface area contributed by atoms with Gasteiger partial charge in [0.15, 0.2) is 5.69 Å². The number of nitrogens with zero attached hydrogens (tertiary/aromatic N) is 3. The molecule has 0 atom stereocenters. The molecule has 0 radical (unpaired) electrons. The minimum Gasteiger partial charge on any atom is -0.374 e. The van der Waals surface area contributed by atoms with Gasteiger partial charge in [-0.2, -0.15) is 5.26 Å². The predicted molar refractivity (Wildman–Crippen MR) is 83.8 cm³/mol. The molecule has 0 spiro atoms. The first kappa shape index (κ1) is 14.7. The lowest BCUT2D eigenvalue weighted by atomic mass is 9.98. The Morgan fingerprint density at radius 3 is 2.50 bits per heavy atom. The molecule has 0 aliphatic heterocycles. The minimum absolute atomic E-state index is 0.355. The standard InChI is InChI=1S/C18H19N3O/c19-12-17-18(21-11-10-20-17)15-8-6-14(7-9-15)13-22-16-4-2-1-3-5-16/h6-11,16H,1-5,13H2. The SMILES string of the molecule is N#Cc1nccnc1-c1ccc(COC2CCCCC2)cc1. The molecule has 22 heavy (non-hydrogen) atoms. The molecule has 1 fully saturated rings. The van der Waals surface area contributed by atoms with Crippen LogP contribution in [0, 0.1) is 11.3 Å². The highest BCUT2D eigenvalue weighted by Crippen LogP contribution is 2.23. The van der Waals surface area contributed by atoms with Gasteiger partial charge in [0, 0.05) is 18.0 Å². The second kappa shape index (κ2) is 7.15. The van der Waals surface area contributed by atoms with Gasteiger partial charge in [-0.05, 0) is 18.4 Å². The molecule has 0 N–H and O–H groups in total. The molecule has 1 heterocycles. The lowest BCUT2D eigenvalue weighted by Gasteiger charge is -2.22. The summed E-state index contributed by atoms with van der Waals surface area (Å²) >= 11 is 0. The molecule has 0 bridgehead atoms. The molecule has 112 valence electrons. The highest BCUT2D eigenvalue weighted by Gasteiger charge is 2.13. The number of ether oxygens (including phenoxy) is 1. The Kier molecular flexibility index (Phi) is 4.77. The first-order chi connectivity index (χ1) is 10.9. The summed E-state index contributed by atoms with van der Waals surface area (Å²) < 4.78 is 5.98. The number of hydrogen-bond donors (Lipinski definition) is 0. The van der Waals surface area contributed by atoms with Gasteiger partial charge in [0.05, 0.1) is 12.7 Å². The van der Waals surface area contributed by atoms with Gasteiger partial charge in [0.25, 0.3) is 0 Å². The Labute approximate surface area is 130 Å². The van der Waals surface area contributed by atoms with Crippen LogP contribution >= 0.6 is 0 Å². The van der Waals surface area contributed by atoms with Crippen LogP contribution in [0.1, 0.15) is 43.4 Å². The fourth-order valence-corrected chi connectivity index (χ4v) is 2.84. The molecule has 0 saturated heterocycles. The monoisotopic (exact) mass is 293 g/mol. The zero-order valence-corrected chi connectivity index (χ0v) is 12.5. The van der Waals surface area contributed by atoms with E-state index < -0.39 is 0 Å². The van der Waals surface area contributed by atoms with Crippen LogP contribution < -0.4 is 0 Å². The molecule has 0 amide bonds. The van der Waals surface area contributed by atoms with Crippen molar-refractivity contribution in [3.8, 4) is 17.3 Å². The van der Waals surface area contributed by atoms with Crippen LogP contribution in [-0.4, -0.2) is 16.1 Å². The molecule has 1 saturated carbocycles. The number of rotatable bonds is 4. The van der Waals surface area contributed by atoms with Crippen molar-refractivity contribution >= 4 is 0 Å². The van der Waals surface area contributed by atoms with E-state index in [2.05, 4.69) is 16.0 Å². The molecular formula is C18H19N3O. The van der Waals surface area contributed by atoms with Crippen molar-refractivity contribution in [3.05, 3.63) is 47.9 Å². The molecule has 0 unspecified atom stereocenters. The molecule has 3 rings (SSSR count). The second-order valence-electron chi connectivity index (χ2n) is 5.63. The molecular weight excluding hydrogens is 274 g/mol. The molecule has 1 aromatic heterocycles. The Bertz CT molecular complexity index is 655. The maximum absolute atomic E-state index is 9.09. The summed E-state index contributed by atoms with van der Waals surface area (Å²) in [7, 11) is 0. The fraction of sp³-hybridized carbons (Fsp3) is 0.389. The van der Waals surface area contributed by atoms with Crippen LogP contribution in [0.4, 0.5) is 0 Å².